The van der Waals surface area contributed by atoms with E-state index in [2.05, 4.69) is 0 Å². The number of hydrogen-bond donors (Lipinski definition) is 1. The quantitative estimate of drug-likeness (QED) is 0.523. The second-order valence-electron chi connectivity index (χ2n) is 5.57. The molecule has 1 aliphatic rings. The highest BCUT2D eigenvalue weighted by atomic mass is 35.5. The Balaban J connectivity index is 2.37. The summed E-state index contributed by atoms with van der Waals surface area (Å²) in [4.78, 5) is 14.2. The third kappa shape index (κ3) is 7.17. The van der Waals surface area contributed by atoms with Crippen molar-refractivity contribution in [1.29, 1.82) is 0 Å². The van der Waals surface area contributed by atoms with Crippen LogP contribution in [0.5, 0.6) is 0 Å². The zero-order valence-corrected chi connectivity index (χ0v) is 12.7. The van der Waals surface area contributed by atoms with Crippen LogP contribution in [0.15, 0.2) is 0 Å². The molecule has 0 aromatic heterocycles. The molecule has 4 heteroatoms. The first-order valence-corrected chi connectivity index (χ1v) is 8.26. The van der Waals surface area contributed by atoms with Gasteiger partial charge in [-0.25, -0.2) is 0 Å². The number of amides is 1. The molecule has 1 amide bonds. The lowest BCUT2D eigenvalue weighted by Crippen LogP contribution is -2.37. The van der Waals surface area contributed by atoms with Gasteiger partial charge in [-0.3, -0.25) is 4.79 Å². The Morgan fingerprint density at radius 2 is 1.89 bits per heavy atom. The van der Waals surface area contributed by atoms with Crippen LogP contribution in [0.4, 0.5) is 0 Å². The molecule has 0 bridgehead atoms. The lowest BCUT2D eigenvalue weighted by Gasteiger charge is -2.30. The van der Waals surface area contributed by atoms with Crippen molar-refractivity contribution in [2.24, 2.45) is 5.92 Å². The van der Waals surface area contributed by atoms with Crippen molar-refractivity contribution in [3.63, 3.8) is 0 Å². The monoisotopic (exact) mass is 289 g/mol. The van der Waals surface area contributed by atoms with Crippen LogP contribution in [0.25, 0.3) is 0 Å². The summed E-state index contributed by atoms with van der Waals surface area (Å²) in [6.45, 7) is 1.75. The van der Waals surface area contributed by atoms with E-state index in [1.165, 1.54) is 32.1 Å². The summed E-state index contributed by atoms with van der Waals surface area (Å²) in [5.41, 5.74) is 0. The molecule has 1 saturated carbocycles. The summed E-state index contributed by atoms with van der Waals surface area (Å²) in [5, 5.41) is 8.96. The van der Waals surface area contributed by atoms with Crippen LogP contribution in [0.2, 0.25) is 0 Å². The second-order valence-corrected chi connectivity index (χ2v) is 5.95. The molecule has 0 aromatic carbocycles. The standard InChI is InChI=1S/C15H28ClNO2/c16-10-5-4-9-15(19)17(11-6-12-18)13-14-7-2-1-3-8-14/h14,18H,1-13H2. The van der Waals surface area contributed by atoms with E-state index >= 15 is 0 Å². The number of hydrogen-bond acceptors (Lipinski definition) is 2. The Bertz CT molecular complexity index is 242. The number of unbranched alkanes of at least 4 members (excludes halogenated alkanes) is 1. The molecular weight excluding hydrogens is 262 g/mol. The smallest absolute Gasteiger partial charge is 0.222 e. The zero-order valence-electron chi connectivity index (χ0n) is 12.0. The molecule has 19 heavy (non-hydrogen) atoms. The van der Waals surface area contributed by atoms with E-state index in [1.807, 2.05) is 4.90 Å². The molecule has 1 fully saturated rings. The Morgan fingerprint density at radius 1 is 1.16 bits per heavy atom. The van der Waals surface area contributed by atoms with Gasteiger partial charge in [0.2, 0.25) is 5.91 Å². The van der Waals surface area contributed by atoms with Gasteiger partial charge >= 0.3 is 0 Å². The largest absolute Gasteiger partial charge is 0.396 e. The molecule has 112 valence electrons. The third-order valence-corrected chi connectivity index (χ3v) is 4.18. The molecule has 0 heterocycles. The Labute approximate surface area is 122 Å². The predicted molar refractivity (Wildman–Crippen MR) is 79.4 cm³/mol. The summed E-state index contributed by atoms with van der Waals surface area (Å²) >= 11 is 5.65. The Morgan fingerprint density at radius 3 is 2.53 bits per heavy atom. The van der Waals surface area contributed by atoms with E-state index in [4.69, 9.17) is 16.7 Å². The van der Waals surface area contributed by atoms with E-state index in [1.54, 1.807) is 0 Å². The minimum absolute atomic E-state index is 0.163. The minimum atomic E-state index is 0.163. The van der Waals surface area contributed by atoms with E-state index in [9.17, 15) is 4.79 Å². The van der Waals surface area contributed by atoms with Crippen molar-refractivity contribution >= 4 is 17.5 Å². The summed E-state index contributed by atoms with van der Waals surface area (Å²) < 4.78 is 0. The first kappa shape index (κ1) is 16.8. The van der Waals surface area contributed by atoms with Gasteiger partial charge in [0.1, 0.15) is 0 Å². The maximum absolute atomic E-state index is 12.2. The lowest BCUT2D eigenvalue weighted by molar-refractivity contribution is -0.132. The molecule has 0 unspecified atom stereocenters. The van der Waals surface area contributed by atoms with Crippen LogP contribution in [0.1, 0.15) is 57.8 Å². The number of nitrogens with zero attached hydrogens (tertiary/aromatic N) is 1. The summed E-state index contributed by atoms with van der Waals surface area (Å²) in [6.07, 6.45) is 9.54. The van der Waals surface area contributed by atoms with Gasteiger partial charge in [-0.05, 0) is 38.0 Å². The normalized spacial score (nSPS) is 16.5. The zero-order chi connectivity index (χ0) is 13.9. The number of aliphatic hydroxyl groups is 1. The van der Waals surface area contributed by atoms with Crippen LogP contribution in [-0.4, -0.2) is 41.5 Å². The van der Waals surface area contributed by atoms with Gasteiger partial charge in [0.15, 0.2) is 0 Å². The fourth-order valence-corrected chi connectivity index (χ4v) is 2.98. The SMILES string of the molecule is O=C(CCCCCl)N(CCCO)CC1CCCCC1. The molecule has 0 radical (unpaired) electrons. The van der Waals surface area contributed by atoms with Gasteiger partial charge in [-0.2, -0.15) is 0 Å². The molecule has 0 aliphatic heterocycles. The molecular formula is C15H28ClNO2. The predicted octanol–water partition coefficient (Wildman–Crippen LogP) is 3.19. The van der Waals surface area contributed by atoms with Gasteiger partial charge in [-0.15, -0.1) is 11.6 Å². The second kappa shape index (κ2) is 10.5. The summed E-state index contributed by atoms with van der Waals surface area (Å²) in [7, 11) is 0. The van der Waals surface area contributed by atoms with Crippen molar-refractivity contribution in [1.82, 2.24) is 4.90 Å². The molecule has 1 rings (SSSR count). The number of carbonyl (C=O) groups is 1. The van der Waals surface area contributed by atoms with Crippen LogP contribution < -0.4 is 0 Å². The fourth-order valence-electron chi connectivity index (χ4n) is 2.79. The van der Waals surface area contributed by atoms with Crippen molar-refractivity contribution in [2.45, 2.75) is 57.8 Å². The first-order chi connectivity index (χ1) is 9.27. The Kier molecular flexibility index (Phi) is 9.27. The molecule has 0 aromatic rings. The molecule has 1 aliphatic carbocycles. The number of rotatable bonds is 9. The molecule has 0 atom stereocenters. The fraction of sp³-hybridized carbons (Fsp3) is 0.933. The van der Waals surface area contributed by atoms with Crippen molar-refractivity contribution < 1.29 is 9.90 Å². The lowest BCUT2D eigenvalue weighted by atomic mass is 9.89. The van der Waals surface area contributed by atoms with Gasteiger partial charge in [0, 0.05) is 32.0 Å². The van der Waals surface area contributed by atoms with Gasteiger partial charge in [0.25, 0.3) is 0 Å². The number of aliphatic hydroxyl groups excluding tert-OH is 1. The van der Waals surface area contributed by atoms with Crippen LogP contribution in [-0.2, 0) is 4.79 Å². The molecule has 3 nitrogen and oxygen atoms in total. The first-order valence-electron chi connectivity index (χ1n) is 7.72. The number of carbonyl (C=O) groups excluding carboxylic acids is 1. The number of halogens is 1. The molecule has 0 saturated heterocycles. The van der Waals surface area contributed by atoms with Crippen LogP contribution >= 0.6 is 11.6 Å². The van der Waals surface area contributed by atoms with Crippen molar-refractivity contribution in [3.05, 3.63) is 0 Å². The maximum atomic E-state index is 12.2. The average Bonchev–Trinajstić information content (AvgIpc) is 2.44. The Hall–Kier alpha value is -0.280. The number of alkyl halides is 1. The topological polar surface area (TPSA) is 40.5 Å². The summed E-state index contributed by atoms with van der Waals surface area (Å²) in [5.74, 6) is 1.54. The van der Waals surface area contributed by atoms with Crippen molar-refractivity contribution in [3.8, 4) is 0 Å². The van der Waals surface area contributed by atoms with Crippen molar-refractivity contribution in [2.75, 3.05) is 25.6 Å². The van der Waals surface area contributed by atoms with E-state index in [-0.39, 0.29) is 12.5 Å². The maximum Gasteiger partial charge on any atom is 0.222 e. The highest BCUT2D eigenvalue weighted by Crippen LogP contribution is 2.24. The van der Waals surface area contributed by atoms with E-state index in [0.717, 1.165) is 19.4 Å². The average molecular weight is 290 g/mol. The van der Waals surface area contributed by atoms with Gasteiger partial charge < -0.3 is 10.0 Å². The van der Waals surface area contributed by atoms with E-state index < -0.39 is 0 Å². The highest BCUT2D eigenvalue weighted by Gasteiger charge is 2.20. The minimum Gasteiger partial charge on any atom is -0.396 e. The van der Waals surface area contributed by atoms with Crippen LogP contribution in [0, 0.1) is 5.92 Å². The summed E-state index contributed by atoms with van der Waals surface area (Å²) in [6, 6.07) is 0. The van der Waals surface area contributed by atoms with Gasteiger partial charge in [0.05, 0.1) is 0 Å². The highest BCUT2D eigenvalue weighted by molar-refractivity contribution is 6.17. The third-order valence-electron chi connectivity index (χ3n) is 3.92. The molecule has 1 N–H and O–H groups in total. The van der Waals surface area contributed by atoms with Crippen LogP contribution in [0.3, 0.4) is 0 Å². The van der Waals surface area contributed by atoms with Gasteiger partial charge in [-0.1, -0.05) is 19.3 Å². The van der Waals surface area contributed by atoms with E-state index in [0.29, 0.717) is 31.2 Å². The molecule has 0 spiro atoms.